The quantitative estimate of drug-likeness (QED) is 0.855. The van der Waals surface area contributed by atoms with Gasteiger partial charge in [-0.2, -0.15) is 0 Å². The normalized spacial score (nSPS) is 10.8. The Hall–Kier alpha value is -1.20. The van der Waals surface area contributed by atoms with E-state index in [1.807, 2.05) is 0 Å². The lowest BCUT2D eigenvalue weighted by Gasteiger charge is -2.00. The summed E-state index contributed by atoms with van der Waals surface area (Å²) in [6, 6.07) is 4.78. The van der Waals surface area contributed by atoms with E-state index in [-0.39, 0.29) is 5.82 Å². The summed E-state index contributed by atoms with van der Waals surface area (Å²) in [6.07, 6.45) is 2.61. The van der Waals surface area contributed by atoms with Gasteiger partial charge in [-0.05, 0) is 41.0 Å². The number of benzene rings is 1. The third kappa shape index (κ3) is 2.97. The lowest BCUT2D eigenvalue weighted by Crippen LogP contribution is -2.13. The Morgan fingerprint density at radius 1 is 1.44 bits per heavy atom. The molecule has 2 rings (SSSR count). The van der Waals surface area contributed by atoms with E-state index in [4.69, 9.17) is 4.42 Å². The zero-order valence-corrected chi connectivity index (χ0v) is 11.6. The first-order valence-corrected chi connectivity index (χ1v) is 6.61. The molecule has 0 aliphatic heterocycles. The Bertz CT molecular complexity index is 507. The van der Waals surface area contributed by atoms with Crippen LogP contribution in [0.4, 0.5) is 4.39 Å². The second-order valence-electron chi connectivity index (χ2n) is 3.92. The fraction of sp³-hybridized carbons (Fsp3) is 0.308. The van der Waals surface area contributed by atoms with Crippen molar-refractivity contribution in [2.24, 2.45) is 0 Å². The molecule has 1 aromatic heterocycles. The van der Waals surface area contributed by atoms with Crippen molar-refractivity contribution in [3.05, 3.63) is 40.4 Å². The van der Waals surface area contributed by atoms with E-state index in [1.54, 1.807) is 18.4 Å². The maximum atomic E-state index is 13.7. The first-order valence-electron chi connectivity index (χ1n) is 5.82. The van der Waals surface area contributed by atoms with Crippen molar-refractivity contribution < 1.29 is 8.81 Å². The number of nitrogens with zero attached hydrogens (tertiary/aromatic N) is 1. The molecular weight excluding hydrogens is 299 g/mol. The van der Waals surface area contributed by atoms with Crippen molar-refractivity contribution in [3.63, 3.8) is 0 Å². The number of aromatic nitrogens is 1. The van der Waals surface area contributed by atoms with Crippen molar-refractivity contribution in [1.29, 1.82) is 0 Å². The van der Waals surface area contributed by atoms with Crippen LogP contribution in [0.15, 0.2) is 33.4 Å². The largest absolute Gasteiger partial charge is 0.444 e. The summed E-state index contributed by atoms with van der Waals surface area (Å²) in [4.78, 5) is 4.27. The van der Waals surface area contributed by atoms with E-state index < -0.39 is 0 Å². The van der Waals surface area contributed by atoms with Crippen LogP contribution in [0.25, 0.3) is 11.5 Å². The summed E-state index contributed by atoms with van der Waals surface area (Å²) >= 11 is 3.30. The van der Waals surface area contributed by atoms with E-state index in [0.29, 0.717) is 22.5 Å². The van der Waals surface area contributed by atoms with Gasteiger partial charge in [-0.3, -0.25) is 0 Å². The van der Waals surface area contributed by atoms with Crippen LogP contribution >= 0.6 is 15.9 Å². The summed E-state index contributed by atoms with van der Waals surface area (Å²) < 4.78 is 19.7. The van der Waals surface area contributed by atoms with Gasteiger partial charge >= 0.3 is 0 Å². The maximum absolute atomic E-state index is 13.7. The fourth-order valence-corrected chi connectivity index (χ4v) is 2.11. The van der Waals surface area contributed by atoms with Gasteiger partial charge in [0.2, 0.25) is 5.89 Å². The molecule has 18 heavy (non-hydrogen) atoms. The standard InChI is InChI=1S/C13H14BrFN2O/c1-2-6-16-7-9-8-18-13(17-9)12-10(14)4-3-5-11(12)15/h3-5,8,16H,2,6-7H2,1H3. The highest BCUT2D eigenvalue weighted by molar-refractivity contribution is 9.10. The minimum absolute atomic E-state index is 0.299. The van der Waals surface area contributed by atoms with Crippen LogP contribution in [-0.4, -0.2) is 11.5 Å². The van der Waals surface area contributed by atoms with E-state index >= 15 is 0 Å². The second kappa shape index (κ2) is 6.11. The van der Waals surface area contributed by atoms with Crippen LogP contribution in [0.1, 0.15) is 19.0 Å². The van der Waals surface area contributed by atoms with E-state index in [2.05, 4.69) is 33.2 Å². The molecule has 0 unspecified atom stereocenters. The molecule has 0 atom stereocenters. The summed E-state index contributed by atoms with van der Waals surface area (Å²) in [7, 11) is 0. The molecule has 0 aliphatic carbocycles. The second-order valence-corrected chi connectivity index (χ2v) is 4.77. The number of rotatable bonds is 5. The van der Waals surface area contributed by atoms with Crippen molar-refractivity contribution in [2.45, 2.75) is 19.9 Å². The fourth-order valence-electron chi connectivity index (χ4n) is 1.60. The molecule has 1 aromatic carbocycles. The Kier molecular flexibility index (Phi) is 4.49. The molecule has 1 heterocycles. The van der Waals surface area contributed by atoms with Crippen LogP contribution in [0.2, 0.25) is 0 Å². The molecule has 0 spiro atoms. The Labute approximate surface area is 114 Å². The van der Waals surface area contributed by atoms with Crippen LogP contribution in [0.3, 0.4) is 0 Å². The summed E-state index contributed by atoms with van der Waals surface area (Å²) in [5.74, 6) is -0.0486. The van der Waals surface area contributed by atoms with Crippen molar-refractivity contribution >= 4 is 15.9 Å². The Balaban J connectivity index is 2.19. The van der Waals surface area contributed by atoms with Gasteiger partial charge in [0.25, 0.3) is 0 Å². The lowest BCUT2D eigenvalue weighted by molar-refractivity contribution is 0.558. The third-order valence-corrected chi connectivity index (χ3v) is 3.12. The molecule has 1 N–H and O–H groups in total. The highest BCUT2D eigenvalue weighted by Crippen LogP contribution is 2.30. The van der Waals surface area contributed by atoms with Gasteiger partial charge in [0.05, 0.1) is 11.3 Å². The van der Waals surface area contributed by atoms with Gasteiger partial charge in [0.15, 0.2) is 0 Å². The monoisotopic (exact) mass is 312 g/mol. The highest BCUT2D eigenvalue weighted by Gasteiger charge is 2.14. The smallest absolute Gasteiger partial charge is 0.230 e. The minimum Gasteiger partial charge on any atom is -0.444 e. The molecule has 0 saturated heterocycles. The van der Waals surface area contributed by atoms with Gasteiger partial charge < -0.3 is 9.73 Å². The molecule has 0 saturated carbocycles. The summed E-state index contributed by atoms with van der Waals surface area (Å²) in [6.45, 7) is 3.65. The SMILES string of the molecule is CCCNCc1coc(-c2c(F)cccc2Br)n1. The highest BCUT2D eigenvalue weighted by atomic mass is 79.9. The van der Waals surface area contributed by atoms with Gasteiger partial charge in [0.1, 0.15) is 12.1 Å². The molecule has 0 aliphatic rings. The number of oxazole rings is 1. The molecule has 5 heteroatoms. The van der Waals surface area contributed by atoms with E-state index in [9.17, 15) is 4.39 Å². The molecule has 3 nitrogen and oxygen atoms in total. The average molecular weight is 313 g/mol. The molecular formula is C13H14BrFN2O. The lowest BCUT2D eigenvalue weighted by atomic mass is 10.2. The third-order valence-electron chi connectivity index (χ3n) is 2.46. The molecule has 0 amide bonds. The number of halogens is 2. The first-order chi connectivity index (χ1) is 8.72. The first kappa shape index (κ1) is 13.2. The minimum atomic E-state index is -0.348. The average Bonchev–Trinajstić information content (AvgIpc) is 2.78. The summed E-state index contributed by atoms with van der Waals surface area (Å²) in [5, 5.41) is 3.22. The van der Waals surface area contributed by atoms with Crippen LogP contribution in [0.5, 0.6) is 0 Å². The van der Waals surface area contributed by atoms with Crippen molar-refractivity contribution in [1.82, 2.24) is 10.3 Å². The van der Waals surface area contributed by atoms with Gasteiger partial charge in [0, 0.05) is 11.0 Å². The Morgan fingerprint density at radius 2 is 2.28 bits per heavy atom. The van der Waals surface area contributed by atoms with Crippen LogP contribution in [-0.2, 0) is 6.54 Å². The van der Waals surface area contributed by atoms with E-state index in [1.165, 1.54) is 6.07 Å². The van der Waals surface area contributed by atoms with Gasteiger partial charge in [-0.1, -0.05) is 13.0 Å². The van der Waals surface area contributed by atoms with Crippen molar-refractivity contribution in [3.8, 4) is 11.5 Å². The van der Waals surface area contributed by atoms with E-state index in [0.717, 1.165) is 18.7 Å². The van der Waals surface area contributed by atoms with Crippen molar-refractivity contribution in [2.75, 3.05) is 6.54 Å². The number of hydrogen-bond acceptors (Lipinski definition) is 3. The molecule has 0 bridgehead atoms. The van der Waals surface area contributed by atoms with Gasteiger partial charge in [-0.15, -0.1) is 0 Å². The van der Waals surface area contributed by atoms with Crippen LogP contribution in [0, 0.1) is 5.82 Å². The number of hydrogen-bond donors (Lipinski definition) is 1. The zero-order valence-electron chi connectivity index (χ0n) is 10.0. The Morgan fingerprint density at radius 3 is 3.00 bits per heavy atom. The van der Waals surface area contributed by atoms with Gasteiger partial charge in [-0.25, -0.2) is 9.37 Å². The molecule has 2 aromatic rings. The topological polar surface area (TPSA) is 38.1 Å². The summed E-state index contributed by atoms with van der Waals surface area (Å²) in [5.41, 5.74) is 1.13. The zero-order chi connectivity index (χ0) is 13.0. The molecule has 0 radical (unpaired) electrons. The van der Waals surface area contributed by atoms with Crippen LogP contribution < -0.4 is 5.32 Å². The predicted octanol–water partition coefficient (Wildman–Crippen LogP) is 3.74. The molecule has 96 valence electrons. The number of nitrogens with one attached hydrogen (secondary N) is 1. The molecule has 0 fully saturated rings. The maximum Gasteiger partial charge on any atom is 0.230 e. The predicted molar refractivity (Wildman–Crippen MR) is 71.6 cm³/mol.